The van der Waals surface area contributed by atoms with Crippen LogP contribution >= 0.6 is 38.5 Å². The molecule has 10 heavy (non-hydrogen) atoms. The molecule has 0 heterocycles. The minimum Gasteiger partial charge on any atom is -0.506 e. The summed E-state index contributed by atoms with van der Waals surface area (Å²) in [5, 5.41) is 9.07. The number of halogens is 2. The molecule has 0 bridgehead atoms. The van der Waals surface area contributed by atoms with Gasteiger partial charge in [0.2, 0.25) is 0 Å². The van der Waals surface area contributed by atoms with E-state index in [1.54, 1.807) is 12.1 Å². The van der Waals surface area contributed by atoms with Crippen LogP contribution in [0.15, 0.2) is 16.6 Å². The third-order valence-electron chi connectivity index (χ3n) is 1.07. The van der Waals surface area contributed by atoms with Crippen molar-refractivity contribution in [1.82, 2.24) is 0 Å². The van der Waals surface area contributed by atoms with Gasteiger partial charge in [-0.15, -0.1) is 0 Å². The number of phenols is 1. The van der Waals surface area contributed by atoms with Gasteiger partial charge >= 0.3 is 0 Å². The number of rotatable bonds is 0. The van der Waals surface area contributed by atoms with Crippen molar-refractivity contribution < 1.29 is 5.11 Å². The van der Waals surface area contributed by atoms with E-state index >= 15 is 0 Å². The molecule has 0 amide bonds. The van der Waals surface area contributed by atoms with Gasteiger partial charge in [-0.2, -0.15) is 0 Å². The molecule has 1 rings (SSSR count). The predicted octanol–water partition coefficient (Wildman–Crippen LogP) is 2.34. The predicted molar refractivity (Wildman–Crippen MR) is 52.9 cm³/mol. The molecule has 0 spiro atoms. The SMILES string of the molecule is Nc1cc(I)c(Br)cc1O. The first kappa shape index (κ1) is 8.13. The van der Waals surface area contributed by atoms with E-state index < -0.39 is 0 Å². The molecule has 0 aliphatic heterocycles. The van der Waals surface area contributed by atoms with Crippen LogP contribution in [-0.4, -0.2) is 5.11 Å². The number of aromatic hydroxyl groups is 1. The molecule has 3 N–H and O–H groups in total. The van der Waals surface area contributed by atoms with Crippen molar-refractivity contribution in [2.24, 2.45) is 0 Å². The highest BCUT2D eigenvalue weighted by molar-refractivity contribution is 14.1. The molecule has 0 aliphatic rings. The summed E-state index contributed by atoms with van der Waals surface area (Å²) in [7, 11) is 0. The summed E-state index contributed by atoms with van der Waals surface area (Å²) in [6, 6.07) is 3.29. The van der Waals surface area contributed by atoms with Crippen LogP contribution in [0.3, 0.4) is 0 Å². The van der Waals surface area contributed by atoms with E-state index in [4.69, 9.17) is 10.8 Å². The van der Waals surface area contributed by atoms with Crippen molar-refractivity contribution >= 4 is 44.2 Å². The van der Waals surface area contributed by atoms with E-state index in [-0.39, 0.29) is 5.75 Å². The fraction of sp³-hybridized carbons (Fsp3) is 0. The van der Waals surface area contributed by atoms with Crippen LogP contribution in [0.25, 0.3) is 0 Å². The minimum atomic E-state index is 0.118. The Kier molecular flexibility index (Phi) is 2.40. The summed E-state index contributed by atoms with van der Waals surface area (Å²) < 4.78 is 1.85. The maximum atomic E-state index is 9.07. The van der Waals surface area contributed by atoms with Gasteiger partial charge in [-0.3, -0.25) is 0 Å². The van der Waals surface area contributed by atoms with Gasteiger partial charge in [-0.25, -0.2) is 0 Å². The minimum absolute atomic E-state index is 0.118. The number of anilines is 1. The van der Waals surface area contributed by atoms with Crippen LogP contribution < -0.4 is 5.73 Å². The van der Waals surface area contributed by atoms with Crippen LogP contribution in [0.5, 0.6) is 5.75 Å². The van der Waals surface area contributed by atoms with E-state index in [1.165, 1.54) is 0 Å². The largest absolute Gasteiger partial charge is 0.506 e. The van der Waals surface area contributed by atoms with Crippen LogP contribution in [0, 0.1) is 3.57 Å². The summed E-state index contributed by atoms with van der Waals surface area (Å²) in [6.07, 6.45) is 0. The summed E-state index contributed by atoms with van der Waals surface area (Å²) in [6.45, 7) is 0. The van der Waals surface area contributed by atoms with Crippen molar-refractivity contribution in [3.8, 4) is 5.75 Å². The first-order valence-electron chi connectivity index (χ1n) is 2.54. The van der Waals surface area contributed by atoms with Crippen LogP contribution in [0.1, 0.15) is 0 Å². The number of nitrogens with two attached hydrogens (primary N) is 1. The molecule has 0 saturated carbocycles. The highest BCUT2D eigenvalue weighted by Crippen LogP contribution is 2.28. The Morgan fingerprint density at radius 3 is 2.60 bits per heavy atom. The number of hydrogen-bond donors (Lipinski definition) is 2. The van der Waals surface area contributed by atoms with Crippen LogP contribution in [-0.2, 0) is 0 Å². The van der Waals surface area contributed by atoms with Crippen molar-refractivity contribution in [2.75, 3.05) is 5.73 Å². The molecular formula is C6H5BrINO. The normalized spacial score (nSPS) is 9.80. The molecule has 1 aromatic carbocycles. The highest BCUT2D eigenvalue weighted by atomic mass is 127. The lowest BCUT2D eigenvalue weighted by atomic mass is 10.3. The van der Waals surface area contributed by atoms with E-state index in [0.717, 1.165) is 8.04 Å². The van der Waals surface area contributed by atoms with Gasteiger partial charge in [0.05, 0.1) is 5.69 Å². The zero-order valence-electron chi connectivity index (χ0n) is 4.94. The zero-order chi connectivity index (χ0) is 7.72. The van der Waals surface area contributed by atoms with Crippen molar-refractivity contribution in [1.29, 1.82) is 0 Å². The molecule has 0 aromatic heterocycles. The Morgan fingerprint density at radius 2 is 2.10 bits per heavy atom. The quantitative estimate of drug-likeness (QED) is 0.439. The molecule has 0 fully saturated rings. The van der Waals surface area contributed by atoms with Gasteiger partial charge in [-0.1, -0.05) is 0 Å². The molecule has 54 valence electrons. The number of hydrogen-bond acceptors (Lipinski definition) is 2. The molecule has 0 radical (unpaired) electrons. The molecule has 2 nitrogen and oxygen atoms in total. The average molecular weight is 314 g/mol. The van der Waals surface area contributed by atoms with E-state index in [2.05, 4.69) is 38.5 Å². The molecule has 0 aliphatic carbocycles. The number of benzene rings is 1. The Balaban J connectivity index is 3.28. The topological polar surface area (TPSA) is 46.2 Å². The molecular weight excluding hydrogens is 309 g/mol. The Morgan fingerprint density at radius 1 is 1.50 bits per heavy atom. The van der Waals surface area contributed by atoms with Gasteiger partial charge in [-0.05, 0) is 50.7 Å². The molecule has 0 unspecified atom stereocenters. The maximum absolute atomic E-state index is 9.07. The standard InChI is InChI=1S/C6H5BrINO/c7-3-1-6(10)5(9)2-4(3)8/h1-2,10H,9H2. The first-order chi connectivity index (χ1) is 4.61. The van der Waals surface area contributed by atoms with Crippen molar-refractivity contribution in [3.05, 3.63) is 20.2 Å². The Labute approximate surface area is 80.7 Å². The monoisotopic (exact) mass is 313 g/mol. The van der Waals surface area contributed by atoms with Gasteiger partial charge < -0.3 is 10.8 Å². The summed E-state index contributed by atoms with van der Waals surface area (Å²) in [5.74, 6) is 0.118. The number of nitrogen functional groups attached to an aromatic ring is 1. The molecule has 1 aromatic rings. The fourth-order valence-electron chi connectivity index (χ4n) is 0.552. The summed E-state index contributed by atoms with van der Waals surface area (Å²) >= 11 is 5.39. The highest BCUT2D eigenvalue weighted by Gasteiger charge is 2.00. The Hall–Kier alpha value is 0.0300. The van der Waals surface area contributed by atoms with Crippen LogP contribution in [0.4, 0.5) is 5.69 Å². The summed E-state index contributed by atoms with van der Waals surface area (Å²) in [4.78, 5) is 0. The van der Waals surface area contributed by atoms with E-state index in [9.17, 15) is 0 Å². The third kappa shape index (κ3) is 1.54. The van der Waals surface area contributed by atoms with Crippen molar-refractivity contribution in [2.45, 2.75) is 0 Å². The first-order valence-corrected chi connectivity index (χ1v) is 4.42. The van der Waals surface area contributed by atoms with Gasteiger partial charge in [0, 0.05) is 8.04 Å². The maximum Gasteiger partial charge on any atom is 0.139 e. The Bertz CT molecular complexity index is 214. The van der Waals surface area contributed by atoms with E-state index in [0.29, 0.717) is 5.69 Å². The zero-order valence-corrected chi connectivity index (χ0v) is 8.68. The smallest absolute Gasteiger partial charge is 0.139 e. The van der Waals surface area contributed by atoms with Crippen molar-refractivity contribution in [3.63, 3.8) is 0 Å². The van der Waals surface area contributed by atoms with Crippen LogP contribution in [0.2, 0.25) is 0 Å². The third-order valence-corrected chi connectivity index (χ3v) is 3.36. The van der Waals surface area contributed by atoms with E-state index in [1.807, 2.05) is 0 Å². The summed E-state index contributed by atoms with van der Waals surface area (Å²) in [5.41, 5.74) is 5.82. The lowest BCUT2D eigenvalue weighted by molar-refractivity contribution is 0.477. The van der Waals surface area contributed by atoms with Gasteiger partial charge in [0.15, 0.2) is 0 Å². The fourth-order valence-corrected chi connectivity index (χ4v) is 1.37. The lowest BCUT2D eigenvalue weighted by Gasteiger charge is -2.00. The second-order valence-corrected chi connectivity index (χ2v) is 3.84. The number of phenolic OH excluding ortho intramolecular Hbond substituents is 1. The van der Waals surface area contributed by atoms with Gasteiger partial charge in [0.25, 0.3) is 0 Å². The molecule has 0 atom stereocenters. The molecule has 4 heteroatoms. The lowest BCUT2D eigenvalue weighted by Crippen LogP contribution is -1.86. The average Bonchev–Trinajstić information content (AvgIpc) is 1.84. The van der Waals surface area contributed by atoms with Gasteiger partial charge in [0.1, 0.15) is 5.75 Å². The second kappa shape index (κ2) is 2.96. The molecule has 0 saturated heterocycles. The second-order valence-electron chi connectivity index (χ2n) is 1.83.